The van der Waals surface area contributed by atoms with Gasteiger partial charge in [0.1, 0.15) is 11.6 Å². The highest BCUT2D eigenvalue weighted by atomic mass is 16.1. The summed E-state index contributed by atoms with van der Waals surface area (Å²) >= 11 is 0. The molecule has 0 spiro atoms. The second-order valence-electron chi connectivity index (χ2n) is 4.07. The van der Waals surface area contributed by atoms with Crippen molar-refractivity contribution >= 4 is 17.5 Å². The largest absolute Gasteiger partial charge is 0.384 e. The number of nitrogens with zero attached hydrogens (tertiary/aromatic N) is 1. The number of nitrogen functional groups attached to an aromatic ring is 1. The van der Waals surface area contributed by atoms with E-state index in [2.05, 4.69) is 10.3 Å². The standard InChI is InChI=1S/C14H15N3O/c1-10(11-6-3-2-4-7-11)14(18)17-13-9-5-8-12(15)16-13/h2-10H,1H3,(H3,15,16,17,18). The summed E-state index contributed by atoms with van der Waals surface area (Å²) in [6, 6.07) is 14.8. The number of nitrogens with one attached hydrogen (secondary N) is 1. The smallest absolute Gasteiger partial charge is 0.232 e. The maximum absolute atomic E-state index is 12.0. The summed E-state index contributed by atoms with van der Waals surface area (Å²) in [6.45, 7) is 1.86. The summed E-state index contributed by atoms with van der Waals surface area (Å²) in [4.78, 5) is 16.1. The summed E-state index contributed by atoms with van der Waals surface area (Å²) in [5.74, 6) is 0.539. The minimum absolute atomic E-state index is 0.0979. The van der Waals surface area contributed by atoms with Crippen LogP contribution in [0, 0.1) is 0 Å². The van der Waals surface area contributed by atoms with Gasteiger partial charge in [-0.1, -0.05) is 36.4 Å². The average Bonchev–Trinajstić information content (AvgIpc) is 2.39. The maximum atomic E-state index is 12.0. The number of anilines is 2. The molecule has 0 aliphatic rings. The maximum Gasteiger partial charge on any atom is 0.232 e. The highest BCUT2D eigenvalue weighted by Gasteiger charge is 2.15. The number of amides is 1. The van der Waals surface area contributed by atoms with Crippen LogP contribution in [0.2, 0.25) is 0 Å². The van der Waals surface area contributed by atoms with Crippen molar-refractivity contribution in [3.8, 4) is 0 Å². The monoisotopic (exact) mass is 241 g/mol. The van der Waals surface area contributed by atoms with Gasteiger partial charge in [0.2, 0.25) is 5.91 Å². The number of hydrogen-bond donors (Lipinski definition) is 2. The molecule has 0 aliphatic heterocycles. The summed E-state index contributed by atoms with van der Waals surface area (Å²) in [6.07, 6.45) is 0. The Morgan fingerprint density at radius 1 is 1.17 bits per heavy atom. The Labute approximate surface area is 106 Å². The molecule has 0 fully saturated rings. The molecule has 2 aromatic rings. The van der Waals surface area contributed by atoms with Gasteiger partial charge in [0.25, 0.3) is 0 Å². The van der Waals surface area contributed by atoms with Crippen LogP contribution in [0.25, 0.3) is 0 Å². The van der Waals surface area contributed by atoms with E-state index in [-0.39, 0.29) is 11.8 Å². The lowest BCUT2D eigenvalue weighted by Crippen LogP contribution is -2.19. The highest BCUT2D eigenvalue weighted by molar-refractivity contribution is 5.94. The van der Waals surface area contributed by atoms with E-state index in [1.54, 1.807) is 18.2 Å². The average molecular weight is 241 g/mol. The van der Waals surface area contributed by atoms with Crippen LogP contribution in [0.3, 0.4) is 0 Å². The lowest BCUT2D eigenvalue weighted by molar-refractivity contribution is -0.117. The van der Waals surface area contributed by atoms with E-state index in [1.165, 1.54) is 0 Å². The summed E-state index contributed by atoms with van der Waals surface area (Å²) in [7, 11) is 0. The van der Waals surface area contributed by atoms with Crippen LogP contribution in [0.15, 0.2) is 48.5 Å². The zero-order valence-electron chi connectivity index (χ0n) is 10.1. The molecule has 1 atom stereocenters. The molecule has 92 valence electrons. The molecule has 0 saturated carbocycles. The second kappa shape index (κ2) is 5.31. The van der Waals surface area contributed by atoms with Crippen molar-refractivity contribution in [2.24, 2.45) is 0 Å². The summed E-state index contributed by atoms with van der Waals surface area (Å²) < 4.78 is 0. The van der Waals surface area contributed by atoms with Gasteiger partial charge < -0.3 is 11.1 Å². The van der Waals surface area contributed by atoms with E-state index in [0.717, 1.165) is 5.56 Å². The van der Waals surface area contributed by atoms with Crippen molar-refractivity contribution < 1.29 is 4.79 Å². The SMILES string of the molecule is CC(C(=O)Nc1cccc(N)n1)c1ccccc1. The van der Waals surface area contributed by atoms with Crippen LogP contribution in [-0.2, 0) is 4.79 Å². The van der Waals surface area contributed by atoms with Crippen molar-refractivity contribution in [3.63, 3.8) is 0 Å². The third kappa shape index (κ3) is 2.85. The van der Waals surface area contributed by atoms with E-state index in [9.17, 15) is 4.79 Å². The molecule has 0 saturated heterocycles. The van der Waals surface area contributed by atoms with E-state index in [1.807, 2.05) is 37.3 Å². The first kappa shape index (κ1) is 12.1. The molecule has 18 heavy (non-hydrogen) atoms. The predicted molar refractivity (Wildman–Crippen MR) is 72.1 cm³/mol. The molecular weight excluding hydrogens is 226 g/mol. The van der Waals surface area contributed by atoms with Crippen LogP contribution in [0.1, 0.15) is 18.4 Å². The fraction of sp³-hybridized carbons (Fsp3) is 0.143. The number of rotatable bonds is 3. The topological polar surface area (TPSA) is 68.0 Å². The molecule has 0 aliphatic carbocycles. The van der Waals surface area contributed by atoms with Crippen LogP contribution >= 0.6 is 0 Å². The van der Waals surface area contributed by atoms with Crippen LogP contribution in [-0.4, -0.2) is 10.9 Å². The fourth-order valence-corrected chi connectivity index (χ4v) is 1.65. The van der Waals surface area contributed by atoms with Gasteiger partial charge in [-0.25, -0.2) is 4.98 Å². The van der Waals surface area contributed by atoms with Gasteiger partial charge in [-0.2, -0.15) is 0 Å². The number of pyridine rings is 1. The Hall–Kier alpha value is -2.36. The van der Waals surface area contributed by atoms with Crippen LogP contribution < -0.4 is 11.1 Å². The first-order valence-corrected chi connectivity index (χ1v) is 5.75. The third-order valence-electron chi connectivity index (χ3n) is 2.71. The van der Waals surface area contributed by atoms with Crippen molar-refractivity contribution in [3.05, 3.63) is 54.1 Å². The van der Waals surface area contributed by atoms with Crippen molar-refractivity contribution in [1.82, 2.24) is 4.98 Å². The van der Waals surface area contributed by atoms with Gasteiger partial charge in [0.15, 0.2) is 0 Å². The van der Waals surface area contributed by atoms with E-state index >= 15 is 0 Å². The molecule has 1 aromatic heterocycles. The molecular formula is C14H15N3O. The Balaban J connectivity index is 2.09. The van der Waals surface area contributed by atoms with Crippen molar-refractivity contribution in [1.29, 1.82) is 0 Å². The highest BCUT2D eigenvalue weighted by Crippen LogP contribution is 2.17. The minimum atomic E-state index is -0.227. The molecule has 4 heteroatoms. The molecule has 4 nitrogen and oxygen atoms in total. The number of hydrogen-bond acceptors (Lipinski definition) is 3. The lowest BCUT2D eigenvalue weighted by atomic mass is 10.0. The normalized spacial score (nSPS) is 11.8. The van der Waals surface area contributed by atoms with E-state index < -0.39 is 0 Å². The van der Waals surface area contributed by atoms with Gasteiger partial charge in [-0.15, -0.1) is 0 Å². The Morgan fingerprint density at radius 2 is 1.89 bits per heavy atom. The Morgan fingerprint density at radius 3 is 2.56 bits per heavy atom. The molecule has 1 aromatic carbocycles. The van der Waals surface area contributed by atoms with Gasteiger partial charge >= 0.3 is 0 Å². The molecule has 3 N–H and O–H groups in total. The third-order valence-corrected chi connectivity index (χ3v) is 2.71. The summed E-state index contributed by atoms with van der Waals surface area (Å²) in [5, 5.41) is 2.75. The van der Waals surface area contributed by atoms with E-state index in [0.29, 0.717) is 11.6 Å². The minimum Gasteiger partial charge on any atom is -0.384 e. The Kier molecular flexibility index (Phi) is 3.57. The number of carbonyl (C=O) groups excluding carboxylic acids is 1. The zero-order chi connectivity index (χ0) is 13.0. The molecule has 0 bridgehead atoms. The van der Waals surface area contributed by atoms with Crippen molar-refractivity contribution in [2.45, 2.75) is 12.8 Å². The molecule has 1 heterocycles. The molecule has 1 unspecified atom stereocenters. The summed E-state index contributed by atoms with van der Waals surface area (Å²) in [5.41, 5.74) is 6.53. The molecule has 2 rings (SSSR count). The first-order valence-electron chi connectivity index (χ1n) is 5.75. The number of carbonyl (C=O) groups is 1. The van der Waals surface area contributed by atoms with Crippen LogP contribution in [0.5, 0.6) is 0 Å². The van der Waals surface area contributed by atoms with Gasteiger partial charge in [0, 0.05) is 0 Å². The quantitative estimate of drug-likeness (QED) is 0.867. The van der Waals surface area contributed by atoms with Gasteiger partial charge in [-0.05, 0) is 24.6 Å². The number of aromatic nitrogens is 1. The van der Waals surface area contributed by atoms with Gasteiger partial charge in [0.05, 0.1) is 5.92 Å². The predicted octanol–water partition coefficient (Wildman–Crippen LogP) is 2.41. The first-order chi connectivity index (χ1) is 8.66. The van der Waals surface area contributed by atoms with Gasteiger partial charge in [-0.3, -0.25) is 4.79 Å². The zero-order valence-corrected chi connectivity index (χ0v) is 10.1. The lowest BCUT2D eigenvalue weighted by Gasteiger charge is -2.12. The molecule has 1 amide bonds. The fourth-order valence-electron chi connectivity index (χ4n) is 1.65. The number of benzene rings is 1. The van der Waals surface area contributed by atoms with E-state index in [4.69, 9.17) is 5.73 Å². The number of nitrogens with two attached hydrogens (primary N) is 1. The second-order valence-corrected chi connectivity index (χ2v) is 4.07. The molecule has 0 radical (unpaired) electrons. The van der Waals surface area contributed by atoms with Crippen LogP contribution in [0.4, 0.5) is 11.6 Å². The Bertz CT molecular complexity index is 540. The van der Waals surface area contributed by atoms with Crippen molar-refractivity contribution in [2.75, 3.05) is 11.1 Å².